The standard InChI is InChI=1S/C22H29N3O2S2/c1-17-24-19(15-29-17)14-27-20-6-4-5-18(13-20)21(26)23-16-22(7-2-3-8-22)25-9-11-28-12-10-25/h4-6,13,15H,2-3,7-12,14,16H2,1H3,(H,23,26). The zero-order valence-electron chi connectivity index (χ0n) is 17.0. The van der Waals surface area contributed by atoms with Gasteiger partial charge in [-0.25, -0.2) is 4.98 Å². The lowest BCUT2D eigenvalue weighted by atomic mass is 9.94. The highest BCUT2D eigenvalue weighted by atomic mass is 32.2. The number of aromatic nitrogens is 1. The molecule has 7 heteroatoms. The molecule has 156 valence electrons. The van der Waals surface area contributed by atoms with E-state index in [9.17, 15) is 4.79 Å². The number of carbonyl (C=O) groups is 1. The second-order valence-electron chi connectivity index (χ2n) is 7.89. The van der Waals surface area contributed by atoms with Crippen molar-refractivity contribution in [3.63, 3.8) is 0 Å². The number of carbonyl (C=O) groups excluding carboxylic acids is 1. The molecule has 1 aromatic heterocycles. The summed E-state index contributed by atoms with van der Waals surface area (Å²) >= 11 is 3.65. The Hall–Kier alpha value is -1.57. The molecule has 0 unspecified atom stereocenters. The van der Waals surface area contributed by atoms with Gasteiger partial charge < -0.3 is 10.1 Å². The number of nitrogens with one attached hydrogen (secondary N) is 1. The molecule has 1 saturated carbocycles. The van der Waals surface area contributed by atoms with Crippen molar-refractivity contribution in [3.8, 4) is 5.75 Å². The number of hydrogen-bond acceptors (Lipinski definition) is 6. The first kappa shape index (κ1) is 20.7. The van der Waals surface area contributed by atoms with E-state index in [4.69, 9.17) is 4.74 Å². The van der Waals surface area contributed by atoms with Gasteiger partial charge in [-0.3, -0.25) is 9.69 Å². The highest BCUT2D eigenvalue weighted by Crippen LogP contribution is 2.36. The van der Waals surface area contributed by atoms with Gasteiger partial charge in [-0.05, 0) is 38.0 Å². The van der Waals surface area contributed by atoms with Crippen molar-refractivity contribution in [1.29, 1.82) is 0 Å². The van der Waals surface area contributed by atoms with Crippen LogP contribution in [-0.4, -0.2) is 52.5 Å². The molecule has 0 atom stereocenters. The SMILES string of the molecule is Cc1nc(COc2cccc(C(=O)NCC3(N4CCSCC4)CCCC3)c2)cs1. The average Bonchev–Trinajstić information content (AvgIpc) is 3.41. The third-order valence-corrected chi connectivity index (χ3v) is 7.71. The fourth-order valence-electron chi connectivity index (χ4n) is 4.38. The van der Waals surface area contributed by atoms with Crippen molar-refractivity contribution in [1.82, 2.24) is 15.2 Å². The lowest BCUT2D eigenvalue weighted by Crippen LogP contribution is -2.56. The van der Waals surface area contributed by atoms with Gasteiger partial charge in [0.1, 0.15) is 12.4 Å². The van der Waals surface area contributed by atoms with E-state index in [1.165, 1.54) is 37.2 Å². The molecular weight excluding hydrogens is 402 g/mol. The Balaban J connectivity index is 1.36. The van der Waals surface area contributed by atoms with Crippen LogP contribution >= 0.6 is 23.1 Å². The Morgan fingerprint density at radius 1 is 1.28 bits per heavy atom. The van der Waals surface area contributed by atoms with Crippen molar-refractivity contribution in [3.05, 3.63) is 45.9 Å². The number of benzene rings is 1. The summed E-state index contributed by atoms with van der Waals surface area (Å²) in [5.74, 6) is 3.09. The molecule has 1 aliphatic carbocycles. The average molecular weight is 432 g/mol. The number of thioether (sulfide) groups is 1. The van der Waals surface area contributed by atoms with Crippen LogP contribution in [-0.2, 0) is 6.61 Å². The smallest absolute Gasteiger partial charge is 0.251 e. The maximum atomic E-state index is 12.9. The van der Waals surface area contributed by atoms with Crippen LogP contribution in [0.1, 0.15) is 46.7 Å². The molecule has 0 radical (unpaired) electrons. The normalized spacial score (nSPS) is 19.2. The van der Waals surface area contributed by atoms with Crippen LogP contribution in [0.25, 0.3) is 0 Å². The summed E-state index contributed by atoms with van der Waals surface area (Å²) in [4.78, 5) is 19.9. The van der Waals surface area contributed by atoms with Gasteiger partial charge in [0, 0.05) is 47.6 Å². The Morgan fingerprint density at radius 3 is 2.79 bits per heavy atom. The third-order valence-electron chi connectivity index (χ3n) is 5.94. The third kappa shape index (κ3) is 5.13. The second-order valence-corrected chi connectivity index (χ2v) is 10.2. The van der Waals surface area contributed by atoms with Gasteiger partial charge in [0.25, 0.3) is 5.91 Å². The molecule has 1 aromatic carbocycles. The number of rotatable bonds is 7. The van der Waals surface area contributed by atoms with Gasteiger partial charge in [0.05, 0.1) is 10.7 Å². The Kier molecular flexibility index (Phi) is 6.77. The lowest BCUT2D eigenvalue weighted by molar-refractivity contribution is 0.0817. The minimum Gasteiger partial charge on any atom is -0.487 e. The van der Waals surface area contributed by atoms with Crippen LogP contribution in [0.4, 0.5) is 0 Å². The molecule has 29 heavy (non-hydrogen) atoms. The molecule has 1 amide bonds. The number of thiazole rings is 1. The summed E-state index contributed by atoms with van der Waals surface area (Å²) in [5.41, 5.74) is 1.72. The fraction of sp³-hybridized carbons (Fsp3) is 0.545. The van der Waals surface area contributed by atoms with Crippen molar-refractivity contribution in [2.45, 2.75) is 44.8 Å². The van der Waals surface area contributed by atoms with E-state index in [-0.39, 0.29) is 11.4 Å². The second kappa shape index (κ2) is 9.49. The monoisotopic (exact) mass is 431 g/mol. The molecule has 0 spiro atoms. The molecule has 4 rings (SSSR count). The highest BCUT2D eigenvalue weighted by Gasteiger charge is 2.40. The van der Waals surface area contributed by atoms with E-state index in [2.05, 4.69) is 15.2 Å². The zero-order chi connectivity index (χ0) is 20.1. The van der Waals surface area contributed by atoms with Gasteiger partial charge in [-0.15, -0.1) is 11.3 Å². The van der Waals surface area contributed by atoms with E-state index in [1.54, 1.807) is 11.3 Å². The summed E-state index contributed by atoms with van der Waals surface area (Å²) in [6.07, 6.45) is 4.90. The van der Waals surface area contributed by atoms with Crippen molar-refractivity contribution in [2.75, 3.05) is 31.1 Å². The van der Waals surface area contributed by atoms with Gasteiger partial charge in [0.2, 0.25) is 0 Å². The van der Waals surface area contributed by atoms with Crippen LogP contribution in [0.5, 0.6) is 5.75 Å². The number of amides is 1. The van der Waals surface area contributed by atoms with Gasteiger partial charge in [0.15, 0.2) is 0 Å². The van der Waals surface area contributed by atoms with E-state index >= 15 is 0 Å². The fourth-order valence-corrected chi connectivity index (χ4v) is 5.88. The van der Waals surface area contributed by atoms with Crippen LogP contribution in [0, 0.1) is 6.92 Å². The van der Waals surface area contributed by atoms with E-state index < -0.39 is 0 Å². The van der Waals surface area contributed by atoms with Crippen LogP contribution in [0.2, 0.25) is 0 Å². The Bertz CT molecular complexity index is 827. The van der Waals surface area contributed by atoms with Crippen LogP contribution in [0.3, 0.4) is 0 Å². The van der Waals surface area contributed by atoms with Crippen LogP contribution < -0.4 is 10.1 Å². The molecule has 1 aliphatic heterocycles. The number of aryl methyl sites for hydroxylation is 1. The molecule has 2 fully saturated rings. The largest absolute Gasteiger partial charge is 0.487 e. The quantitative estimate of drug-likeness (QED) is 0.715. The molecule has 2 heterocycles. The number of nitrogens with zero attached hydrogens (tertiary/aromatic N) is 2. The molecule has 5 nitrogen and oxygen atoms in total. The molecule has 1 N–H and O–H groups in total. The minimum atomic E-state index is -0.0161. The Labute approximate surface area is 181 Å². The highest BCUT2D eigenvalue weighted by molar-refractivity contribution is 7.99. The van der Waals surface area contributed by atoms with Gasteiger partial charge >= 0.3 is 0 Å². The molecular formula is C22H29N3O2S2. The molecule has 1 saturated heterocycles. The van der Waals surface area contributed by atoms with Gasteiger partial charge in [-0.1, -0.05) is 18.9 Å². The minimum absolute atomic E-state index is 0.0161. The first-order valence-corrected chi connectivity index (χ1v) is 12.4. The summed E-state index contributed by atoms with van der Waals surface area (Å²) in [6.45, 7) is 5.42. The van der Waals surface area contributed by atoms with Gasteiger partial charge in [-0.2, -0.15) is 11.8 Å². The summed E-state index contributed by atoms with van der Waals surface area (Å²) in [5, 5.41) is 6.27. The molecule has 2 aromatic rings. The lowest BCUT2D eigenvalue weighted by Gasteiger charge is -2.43. The summed E-state index contributed by atoms with van der Waals surface area (Å²) in [6, 6.07) is 7.45. The predicted octanol–water partition coefficient (Wildman–Crippen LogP) is 4.12. The zero-order valence-corrected chi connectivity index (χ0v) is 18.6. The molecule has 2 aliphatic rings. The van der Waals surface area contributed by atoms with Crippen molar-refractivity contribution >= 4 is 29.0 Å². The first-order chi connectivity index (χ1) is 14.1. The van der Waals surface area contributed by atoms with Crippen LogP contribution in [0.15, 0.2) is 29.6 Å². The maximum absolute atomic E-state index is 12.9. The maximum Gasteiger partial charge on any atom is 0.251 e. The van der Waals surface area contributed by atoms with Crippen molar-refractivity contribution < 1.29 is 9.53 Å². The Morgan fingerprint density at radius 2 is 2.07 bits per heavy atom. The first-order valence-electron chi connectivity index (χ1n) is 10.4. The number of ether oxygens (including phenoxy) is 1. The van der Waals surface area contributed by atoms with Crippen molar-refractivity contribution in [2.24, 2.45) is 0 Å². The van der Waals surface area contributed by atoms with E-state index in [0.29, 0.717) is 17.9 Å². The summed E-state index contributed by atoms with van der Waals surface area (Å²) < 4.78 is 5.84. The predicted molar refractivity (Wildman–Crippen MR) is 120 cm³/mol. The number of hydrogen-bond donors (Lipinski definition) is 1. The molecule has 0 bridgehead atoms. The summed E-state index contributed by atoms with van der Waals surface area (Å²) in [7, 11) is 0. The van der Waals surface area contributed by atoms with E-state index in [1.807, 2.05) is 48.3 Å². The topological polar surface area (TPSA) is 54.5 Å². The van der Waals surface area contributed by atoms with E-state index in [0.717, 1.165) is 30.3 Å².